The van der Waals surface area contributed by atoms with Crippen molar-refractivity contribution in [2.24, 2.45) is 5.92 Å². The summed E-state index contributed by atoms with van der Waals surface area (Å²) >= 11 is 0. The Balaban J connectivity index is 1.27. The number of ketones is 1. The van der Waals surface area contributed by atoms with Gasteiger partial charge in [-0.1, -0.05) is 56.3 Å². The van der Waals surface area contributed by atoms with E-state index in [1.807, 2.05) is 56.3 Å². The van der Waals surface area contributed by atoms with Crippen molar-refractivity contribution < 1.29 is 27.5 Å². The summed E-state index contributed by atoms with van der Waals surface area (Å²) in [5.74, 6) is -0.412. The molecule has 0 radical (unpaired) electrons. The van der Waals surface area contributed by atoms with Gasteiger partial charge in [0.15, 0.2) is 5.78 Å². The van der Waals surface area contributed by atoms with Crippen LogP contribution in [-0.4, -0.2) is 71.6 Å². The Morgan fingerprint density at radius 2 is 1.73 bits per heavy atom. The predicted molar refractivity (Wildman–Crippen MR) is 151 cm³/mol. The summed E-state index contributed by atoms with van der Waals surface area (Å²) in [6.07, 6.45) is 2.56. The molecule has 2 aromatic carbocycles. The molecule has 2 saturated heterocycles. The van der Waals surface area contributed by atoms with Gasteiger partial charge >= 0.3 is 6.09 Å². The van der Waals surface area contributed by atoms with Crippen LogP contribution < -0.4 is 10.1 Å². The molecule has 0 spiro atoms. The summed E-state index contributed by atoms with van der Waals surface area (Å²) in [6, 6.07) is 17.3. The van der Waals surface area contributed by atoms with Crippen molar-refractivity contribution in [3.63, 3.8) is 0 Å². The number of pyridine rings is 1. The lowest BCUT2D eigenvalue weighted by Gasteiger charge is -2.28. The number of fused-ring (bicyclic) bond motifs is 1. The minimum atomic E-state index is -3.97. The first-order valence-corrected chi connectivity index (χ1v) is 15.0. The van der Waals surface area contributed by atoms with Crippen molar-refractivity contribution >= 4 is 27.8 Å². The van der Waals surface area contributed by atoms with Gasteiger partial charge in [0, 0.05) is 18.9 Å². The Morgan fingerprint density at radius 1 is 1.02 bits per heavy atom. The molecule has 3 atom stereocenters. The lowest BCUT2D eigenvalue weighted by molar-refractivity contribution is -0.138. The maximum absolute atomic E-state index is 13.7. The number of hydrogen-bond acceptors (Lipinski definition) is 7. The fraction of sp³-hybridized carbons (Fsp3) is 0.333. The van der Waals surface area contributed by atoms with E-state index >= 15 is 0 Å². The van der Waals surface area contributed by atoms with Crippen molar-refractivity contribution in [1.82, 2.24) is 19.5 Å². The zero-order chi connectivity index (χ0) is 29.1. The summed E-state index contributed by atoms with van der Waals surface area (Å²) in [6.45, 7) is 3.72. The summed E-state index contributed by atoms with van der Waals surface area (Å²) < 4.78 is 33.1. The summed E-state index contributed by atoms with van der Waals surface area (Å²) in [5.41, 5.74) is 2.00. The van der Waals surface area contributed by atoms with Crippen LogP contribution in [-0.2, 0) is 19.6 Å². The highest BCUT2D eigenvalue weighted by Gasteiger charge is 2.54. The van der Waals surface area contributed by atoms with E-state index in [4.69, 9.17) is 4.74 Å². The third-order valence-corrected chi connectivity index (χ3v) is 9.23. The van der Waals surface area contributed by atoms with Crippen molar-refractivity contribution in [3.8, 4) is 16.9 Å². The van der Waals surface area contributed by atoms with Crippen molar-refractivity contribution in [3.05, 3.63) is 79.1 Å². The molecule has 2 aliphatic rings. The van der Waals surface area contributed by atoms with E-state index in [2.05, 4.69) is 10.3 Å². The molecule has 2 aliphatic heterocycles. The molecule has 0 saturated carbocycles. The molecule has 3 aromatic rings. The van der Waals surface area contributed by atoms with Crippen molar-refractivity contribution in [2.75, 3.05) is 13.1 Å². The molecule has 11 heteroatoms. The molecule has 1 aromatic heterocycles. The molecule has 0 bridgehead atoms. The first kappa shape index (κ1) is 28.4. The van der Waals surface area contributed by atoms with Gasteiger partial charge in [-0.25, -0.2) is 13.2 Å². The predicted octanol–water partition coefficient (Wildman–Crippen LogP) is 3.49. The third kappa shape index (κ3) is 6.01. The van der Waals surface area contributed by atoms with Gasteiger partial charge in [-0.2, -0.15) is 4.31 Å². The maximum Gasteiger partial charge on any atom is 0.413 e. The topological polar surface area (TPSA) is 126 Å². The van der Waals surface area contributed by atoms with Crippen LogP contribution in [0.25, 0.3) is 11.1 Å². The van der Waals surface area contributed by atoms with Crippen LogP contribution in [0.1, 0.15) is 26.7 Å². The van der Waals surface area contributed by atoms with Crippen LogP contribution in [0.3, 0.4) is 0 Å². The van der Waals surface area contributed by atoms with Gasteiger partial charge in [-0.05, 0) is 54.2 Å². The van der Waals surface area contributed by atoms with Crippen LogP contribution >= 0.6 is 0 Å². The SMILES string of the molecule is CC(C)CC(NC(=O)Oc1ccc(-c2ccccc2)cc1)C(=O)N1CCC2C1C(=O)CN2S(=O)(=O)c1cccnc1. The number of amides is 2. The molecule has 214 valence electrons. The first-order chi connectivity index (χ1) is 19.6. The van der Waals surface area contributed by atoms with E-state index in [9.17, 15) is 22.8 Å². The Bertz CT molecular complexity index is 1510. The lowest BCUT2D eigenvalue weighted by atomic mass is 10.0. The average molecular weight is 577 g/mol. The second kappa shape index (κ2) is 11.8. The number of nitrogens with zero attached hydrogens (tertiary/aromatic N) is 3. The monoisotopic (exact) mass is 576 g/mol. The third-order valence-electron chi connectivity index (χ3n) is 7.37. The number of carbonyl (C=O) groups excluding carboxylic acids is 3. The van der Waals surface area contributed by atoms with E-state index in [-0.39, 0.29) is 29.7 Å². The van der Waals surface area contributed by atoms with E-state index < -0.39 is 40.1 Å². The molecule has 2 amide bonds. The molecule has 2 fully saturated rings. The molecule has 3 unspecified atom stereocenters. The average Bonchev–Trinajstić information content (AvgIpc) is 3.55. The van der Waals surface area contributed by atoms with Gasteiger partial charge in [0.05, 0.1) is 12.6 Å². The largest absolute Gasteiger partial charge is 0.413 e. The zero-order valence-corrected chi connectivity index (χ0v) is 23.7. The van der Waals surface area contributed by atoms with Gasteiger partial charge in [0.25, 0.3) is 0 Å². The van der Waals surface area contributed by atoms with Gasteiger partial charge in [-0.3, -0.25) is 14.6 Å². The van der Waals surface area contributed by atoms with Crippen LogP contribution in [0.15, 0.2) is 84.0 Å². The number of benzene rings is 2. The van der Waals surface area contributed by atoms with Crippen LogP contribution in [0.4, 0.5) is 4.79 Å². The second-order valence-electron chi connectivity index (χ2n) is 10.6. The second-order valence-corrected chi connectivity index (χ2v) is 12.5. The number of likely N-dealkylation sites (tertiary alicyclic amines) is 1. The van der Waals surface area contributed by atoms with Gasteiger partial charge in [0.2, 0.25) is 15.9 Å². The summed E-state index contributed by atoms with van der Waals surface area (Å²) in [5, 5.41) is 2.68. The van der Waals surface area contributed by atoms with E-state index in [0.29, 0.717) is 18.6 Å². The lowest BCUT2D eigenvalue weighted by Crippen LogP contribution is -2.53. The van der Waals surface area contributed by atoms with Crippen LogP contribution in [0.5, 0.6) is 5.75 Å². The molecular formula is C30H32N4O6S. The van der Waals surface area contributed by atoms with Crippen LogP contribution in [0.2, 0.25) is 0 Å². The van der Waals surface area contributed by atoms with Gasteiger partial charge in [-0.15, -0.1) is 0 Å². The molecule has 3 heterocycles. The number of hydrogen-bond donors (Lipinski definition) is 1. The minimum absolute atomic E-state index is 0.00266. The molecular weight excluding hydrogens is 544 g/mol. The number of nitrogens with one attached hydrogen (secondary N) is 1. The Hall–Kier alpha value is -4.09. The smallest absolute Gasteiger partial charge is 0.410 e. The standard InChI is InChI=1S/C30H32N4O6S/c1-20(2)17-25(32-30(37)40-23-12-10-22(11-13-23)21-7-4-3-5-8-21)29(36)33-16-14-26-28(33)27(35)19-34(26)41(38,39)24-9-6-15-31-18-24/h3-13,15,18,20,25-26,28H,14,16-17,19H2,1-2H3,(H,32,37). The van der Waals surface area contributed by atoms with Crippen LogP contribution in [0, 0.1) is 5.92 Å². The number of rotatable bonds is 8. The van der Waals surface area contributed by atoms with Crippen molar-refractivity contribution in [1.29, 1.82) is 0 Å². The minimum Gasteiger partial charge on any atom is -0.410 e. The Labute approximate surface area is 239 Å². The van der Waals surface area contributed by atoms with Crippen molar-refractivity contribution in [2.45, 2.75) is 49.7 Å². The molecule has 41 heavy (non-hydrogen) atoms. The Kier molecular flexibility index (Phi) is 8.18. The number of ether oxygens (including phenoxy) is 1. The summed E-state index contributed by atoms with van der Waals surface area (Å²) in [7, 11) is -3.97. The normalized spacial score (nSPS) is 19.7. The Morgan fingerprint density at radius 3 is 2.39 bits per heavy atom. The number of sulfonamides is 1. The highest BCUT2D eigenvalue weighted by molar-refractivity contribution is 7.89. The number of carbonyl (C=O) groups is 3. The number of Topliss-reactive ketones (excluding diaryl/α,β-unsaturated/α-hetero) is 1. The highest BCUT2D eigenvalue weighted by Crippen LogP contribution is 2.34. The van der Waals surface area contributed by atoms with Gasteiger partial charge in [0.1, 0.15) is 22.7 Å². The quantitative estimate of drug-likeness (QED) is 0.435. The fourth-order valence-electron chi connectivity index (χ4n) is 5.49. The first-order valence-electron chi connectivity index (χ1n) is 13.5. The summed E-state index contributed by atoms with van der Waals surface area (Å²) in [4.78, 5) is 44.9. The molecule has 1 N–H and O–H groups in total. The zero-order valence-electron chi connectivity index (χ0n) is 22.8. The maximum atomic E-state index is 13.7. The fourth-order valence-corrected chi connectivity index (χ4v) is 7.08. The molecule has 10 nitrogen and oxygen atoms in total. The highest BCUT2D eigenvalue weighted by atomic mass is 32.2. The van der Waals surface area contributed by atoms with E-state index in [1.165, 1.54) is 33.7 Å². The molecule has 0 aliphatic carbocycles. The van der Waals surface area contributed by atoms with E-state index in [1.54, 1.807) is 12.1 Å². The van der Waals surface area contributed by atoms with Gasteiger partial charge < -0.3 is 15.0 Å². The number of aromatic nitrogens is 1. The molecule has 5 rings (SSSR count). The van der Waals surface area contributed by atoms with E-state index in [0.717, 1.165) is 11.1 Å².